The third-order valence-electron chi connectivity index (χ3n) is 2.18. The van der Waals surface area contributed by atoms with Crippen molar-refractivity contribution in [2.24, 2.45) is 0 Å². The van der Waals surface area contributed by atoms with E-state index in [1.54, 1.807) is 25.2 Å². The summed E-state index contributed by atoms with van der Waals surface area (Å²) in [5.41, 5.74) is 0. The lowest BCUT2D eigenvalue weighted by Gasteiger charge is -2.11. The molecule has 0 saturated heterocycles. The molecule has 1 amide bonds. The Morgan fingerprint density at radius 1 is 1.60 bits per heavy atom. The number of carbonyl (C=O) groups excluding carboxylic acids is 1. The molecule has 0 aliphatic heterocycles. The van der Waals surface area contributed by atoms with Gasteiger partial charge in [0, 0.05) is 46.0 Å². The Labute approximate surface area is 90.1 Å². The standard InChI is InChI=1S/C10H18N4O/c1-4-14-8-7-12-10(14)11-6-5-9(15)13(2)3/h7-8H,4-6H2,1-3H3,(H,11,12). The lowest BCUT2D eigenvalue weighted by molar-refractivity contribution is -0.128. The minimum Gasteiger partial charge on any atom is -0.355 e. The predicted octanol–water partition coefficient (Wildman–Crippen LogP) is 0.793. The normalized spacial score (nSPS) is 10.1. The molecule has 1 aromatic rings. The van der Waals surface area contributed by atoms with Gasteiger partial charge in [-0.15, -0.1) is 0 Å². The number of hydrogen-bond acceptors (Lipinski definition) is 3. The summed E-state index contributed by atoms with van der Waals surface area (Å²) < 4.78 is 2.00. The van der Waals surface area contributed by atoms with Crippen LogP contribution in [0.5, 0.6) is 0 Å². The fourth-order valence-corrected chi connectivity index (χ4v) is 1.24. The van der Waals surface area contributed by atoms with Crippen LogP contribution in [0.15, 0.2) is 12.4 Å². The maximum absolute atomic E-state index is 11.3. The summed E-state index contributed by atoms with van der Waals surface area (Å²) in [7, 11) is 3.52. The number of aromatic nitrogens is 2. The predicted molar refractivity (Wildman–Crippen MR) is 59.7 cm³/mol. The molecule has 5 heteroatoms. The van der Waals surface area contributed by atoms with E-state index in [0.29, 0.717) is 13.0 Å². The number of carbonyl (C=O) groups is 1. The molecule has 0 unspecified atom stereocenters. The van der Waals surface area contributed by atoms with E-state index < -0.39 is 0 Å². The first-order valence-electron chi connectivity index (χ1n) is 5.10. The van der Waals surface area contributed by atoms with E-state index in [1.807, 2.05) is 10.8 Å². The van der Waals surface area contributed by atoms with E-state index in [4.69, 9.17) is 0 Å². The second-order valence-electron chi connectivity index (χ2n) is 3.50. The molecule has 0 aliphatic carbocycles. The van der Waals surface area contributed by atoms with Gasteiger partial charge >= 0.3 is 0 Å². The van der Waals surface area contributed by atoms with Crippen LogP contribution in [0.2, 0.25) is 0 Å². The molecule has 15 heavy (non-hydrogen) atoms. The maximum atomic E-state index is 11.3. The second kappa shape index (κ2) is 5.38. The fourth-order valence-electron chi connectivity index (χ4n) is 1.24. The average molecular weight is 210 g/mol. The van der Waals surface area contributed by atoms with E-state index in [9.17, 15) is 4.79 Å². The summed E-state index contributed by atoms with van der Waals surface area (Å²) in [6.07, 6.45) is 4.15. The summed E-state index contributed by atoms with van der Waals surface area (Å²) in [4.78, 5) is 17.0. The van der Waals surface area contributed by atoms with Gasteiger partial charge in [0.15, 0.2) is 0 Å². The van der Waals surface area contributed by atoms with Crippen molar-refractivity contribution in [3.63, 3.8) is 0 Å². The molecule has 0 bridgehead atoms. The Hall–Kier alpha value is -1.52. The minimum atomic E-state index is 0.122. The Morgan fingerprint density at radius 3 is 2.93 bits per heavy atom. The van der Waals surface area contributed by atoms with Crippen molar-refractivity contribution in [2.45, 2.75) is 19.9 Å². The van der Waals surface area contributed by atoms with E-state index in [2.05, 4.69) is 17.2 Å². The largest absolute Gasteiger partial charge is 0.355 e. The number of rotatable bonds is 5. The molecular weight excluding hydrogens is 192 g/mol. The summed E-state index contributed by atoms with van der Waals surface area (Å²) in [6.45, 7) is 3.55. The van der Waals surface area contributed by atoms with Crippen LogP contribution in [0.3, 0.4) is 0 Å². The Balaban J connectivity index is 2.35. The summed E-state index contributed by atoms with van der Waals surface area (Å²) in [5.74, 6) is 0.946. The lowest BCUT2D eigenvalue weighted by atomic mass is 10.4. The molecule has 0 spiro atoms. The highest BCUT2D eigenvalue weighted by molar-refractivity contribution is 5.75. The van der Waals surface area contributed by atoms with E-state index in [-0.39, 0.29) is 5.91 Å². The van der Waals surface area contributed by atoms with Gasteiger partial charge in [-0.25, -0.2) is 4.98 Å². The Bertz CT molecular complexity index is 319. The molecule has 1 aromatic heterocycles. The van der Waals surface area contributed by atoms with Gasteiger partial charge in [-0.2, -0.15) is 0 Å². The molecule has 0 atom stereocenters. The van der Waals surface area contributed by atoms with Crippen LogP contribution in [0, 0.1) is 0 Å². The Morgan fingerprint density at radius 2 is 2.33 bits per heavy atom. The first-order chi connectivity index (χ1) is 7.15. The van der Waals surface area contributed by atoms with Crippen LogP contribution in [0.1, 0.15) is 13.3 Å². The zero-order chi connectivity index (χ0) is 11.3. The van der Waals surface area contributed by atoms with Crippen LogP contribution in [0.4, 0.5) is 5.95 Å². The van der Waals surface area contributed by atoms with Gasteiger partial charge in [0.25, 0.3) is 0 Å². The number of imidazole rings is 1. The molecule has 1 N–H and O–H groups in total. The second-order valence-corrected chi connectivity index (χ2v) is 3.50. The van der Waals surface area contributed by atoms with Crippen LogP contribution in [0.25, 0.3) is 0 Å². The van der Waals surface area contributed by atoms with Crippen molar-refractivity contribution >= 4 is 11.9 Å². The van der Waals surface area contributed by atoms with Gasteiger partial charge in [-0.1, -0.05) is 0 Å². The highest BCUT2D eigenvalue weighted by Crippen LogP contribution is 2.03. The van der Waals surface area contributed by atoms with Gasteiger partial charge in [0.1, 0.15) is 0 Å². The Kier molecular flexibility index (Phi) is 4.15. The topological polar surface area (TPSA) is 50.2 Å². The lowest BCUT2D eigenvalue weighted by Crippen LogP contribution is -2.24. The number of hydrogen-bond donors (Lipinski definition) is 1. The molecule has 1 heterocycles. The molecular formula is C10H18N4O. The van der Waals surface area contributed by atoms with Crippen LogP contribution in [-0.4, -0.2) is 41.0 Å². The molecule has 5 nitrogen and oxygen atoms in total. The first kappa shape index (κ1) is 11.6. The molecule has 0 saturated carbocycles. The van der Waals surface area contributed by atoms with Crippen molar-refractivity contribution < 1.29 is 4.79 Å². The third kappa shape index (κ3) is 3.27. The number of anilines is 1. The molecule has 0 aromatic carbocycles. The van der Waals surface area contributed by atoms with E-state index >= 15 is 0 Å². The number of aryl methyl sites for hydroxylation is 1. The fraction of sp³-hybridized carbons (Fsp3) is 0.600. The van der Waals surface area contributed by atoms with Crippen molar-refractivity contribution in [2.75, 3.05) is 26.0 Å². The highest BCUT2D eigenvalue weighted by atomic mass is 16.2. The van der Waals surface area contributed by atoms with Gasteiger partial charge in [-0.05, 0) is 6.92 Å². The number of nitrogens with one attached hydrogen (secondary N) is 1. The van der Waals surface area contributed by atoms with Crippen molar-refractivity contribution in [1.29, 1.82) is 0 Å². The minimum absolute atomic E-state index is 0.122. The molecule has 0 fully saturated rings. The van der Waals surface area contributed by atoms with Gasteiger partial charge < -0.3 is 14.8 Å². The zero-order valence-corrected chi connectivity index (χ0v) is 9.53. The summed E-state index contributed by atoms with van der Waals surface area (Å²) in [5, 5.41) is 3.13. The summed E-state index contributed by atoms with van der Waals surface area (Å²) in [6, 6.07) is 0. The van der Waals surface area contributed by atoms with Gasteiger partial charge in [0.2, 0.25) is 11.9 Å². The van der Waals surface area contributed by atoms with Crippen LogP contribution >= 0.6 is 0 Å². The SMILES string of the molecule is CCn1ccnc1NCCC(=O)N(C)C. The van der Waals surface area contributed by atoms with Gasteiger partial charge in [0.05, 0.1) is 0 Å². The number of nitrogens with zero attached hydrogens (tertiary/aromatic N) is 3. The van der Waals surface area contributed by atoms with Gasteiger partial charge in [-0.3, -0.25) is 4.79 Å². The smallest absolute Gasteiger partial charge is 0.223 e. The summed E-state index contributed by atoms with van der Waals surface area (Å²) >= 11 is 0. The first-order valence-corrected chi connectivity index (χ1v) is 5.10. The molecule has 0 aliphatic rings. The zero-order valence-electron chi connectivity index (χ0n) is 9.53. The van der Waals surface area contributed by atoms with Crippen LogP contribution < -0.4 is 5.32 Å². The molecule has 1 rings (SSSR count). The van der Waals surface area contributed by atoms with E-state index in [1.165, 1.54) is 0 Å². The third-order valence-corrected chi connectivity index (χ3v) is 2.18. The van der Waals surface area contributed by atoms with Crippen LogP contribution in [-0.2, 0) is 11.3 Å². The molecule has 84 valence electrons. The maximum Gasteiger partial charge on any atom is 0.223 e. The molecule has 0 radical (unpaired) electrons. The highest BCUT2D eigenvalue weighted by Gasteiger charge is 2.04. The number of amides is 1. The monoisotopic (exact) mass is 210 g/mol. The average Bonchev–Trinajstić information content (AvgIpc) is 2.65. The van der Waals surface area contributed by atoms with E-state index in [0.717, 1.165) is 12.5 Å². The van der Waals surface area contributed by atoms with Crippen molar-refractivity contribution in [3.05, 3.63) is 12.4 Å². The quantitative estimate of drug-likeness (QED) is 0.781. The van der Waals surface area contributed by atoms with Crippen molar-refractivity contribution in [3.8, 4) is 0 Å². The van der Waals surface area contributed by atoms with Crippen molar-refractivity contribution in [1.82, 2.24) is 14.5 Å².